The third-order valence-corrected chi connectivity index (χ3v) is 3.62. The minimum Gasteiger partial charge on any atom is -0.0622 e. The molecule has 2 aromatic carbocycles. The van der Waals surface area contributed by atoms with E-state index in [1.54, 1.807) is 11.1 Å². The molecule has 0 amide bonds. The molecule has 2 aromatic rings. The number of aryl methyl sites for hydroxylation is 1. The molecule has 0 bridgehead atoms. The Labute approximate surface area is 96.9 Å². The van der Waals surface area contributed by atoms with Gasteiger partial charge in [-0.25, -0.2) is 0 Å². The van der Waals surface area contributed by atoms with Crippen molar-refractivity contribution in [2.45, 2.75) is 25.2 Å². The van der Waals surface area contributed by atoms with Crippen molar-refractivity contribution in [2.75, 3.05) is 0 Å². The van der Waals surface area contributed by atoms with Crippen LogP contribution < -0.4 is 0 Å². The van der Waals surface area contributed by atoms with Gasteiger partial charge in [-0.1, -0.05) is 54.6 Å². The van der Waals surface area contributed by atoms with Crippen molar-refractivity contribution in [3.05, 3.63) is 71.3 Å². The van der Waals surface area contributed by atoms with Gasteiger partial charge in [0.15, 0.2) is 0 Å². The second-order valence-electron chi connectivity index (χ2n) is 4.62. The van der Waals surface area contributed by atoms with Crippen LogP contribution in [0.1, 0.15) is 29.0 Å². The van der Waals surface area contributed by atoms with Gasteiger partial charge in [0.2, 0.25) is 0 Å². The Morgan fingerprint density at radius 1 is 0.750 bits per heavy atom. The van der Waals surface area contributed by atoms with Crippen molar-refractivity contribution in [2.24, 2.45) is 0 Å². The number of fused-ring (bicyclic) bond motifs is 1. The van der Waals surface area contributed by atoms with Crippen LogP contribution in [0.4, 0.5) is 0 Å². The summed E-state index contributed by atoms with van der Waals surface area (Å²) in [5, 5.41) is 0. The molecule has 0 nitrogen and oxygen atoms in total. The van der Waals surface area contributed by atoms with Crippen molar-refractivity contribution in [1.29, 1.82) is 0 Å². The van der Waals surface area contributed by atoms with E-state index in [0.29, 0.717) is 0 Å². The SMILES string of the molecule is c1ccc([C@@H]2CCc3ccccc3C2)cc1. The fourth-order valence-electron chi connectivity index (χ4n) is 2.71. The maximum absolute atomic E-state index is 2.28. The van der Waals surface area contributed by atoms with Gasteiger partial charge >= 0.3 is 0 Å². The molecule has 0 unspecified atom stereocenters. The molecule has 1 aliphatic rings. The first-order chi connectivity index (χ1) is 7.93. The lowest BCUT2D eigenvalue weighted by molar-refractivity contribution is 0.585. The Hall–Kier alpha value is -1.56. The largest absolute Gasteiger partial charge is 0.0622 e. The molecular formula is C16H16. The molecule has 1 atom stereocenters. The lowest BCUT2D eigenvalue weighted by Crippen LogP contribution is -2.12. The Kier molecular flexibility index (Phi) is 2.49. The second kappa shape index (κ2) is 4.13. The average Bonchev–Trinajstić information content (AvgIpc) is 2.39. The molecule has 0 aliphatic heterocycles. The molecule has 1 aliphatic carbocycles. The predicted octanol–water partition coefficient (Wildman–Crippen LogP) is 3.96. The third kappa shape index (κ3) is 1.76. The van der Waals surface area contributed by atoms with Gasteiger partial charge in [-0.3, -0.25) is 0 Å². The normalized spacial score (nSPS) is 19.1. The standard InChI is InChI=1S/C16H16/c1-2-6-13(7-3-1)16-11-10-14-8-4-5-9-15(14)12-16/h1-9,16H,10-12H2/t16-/m1/s1. The van der Waals surface area contributed by atoms with E-state index in [-0.39, 0.29) is 0 Å². The van der Waals surface area contributed by atoms with E-state index < -0.39 is 0 Å². The Balaban J connectivity index is 1.89. The summed E-state index contributed by atoms with van der Waals surface area (Å²) >= 11 is 0. The summed E-state index contributed by atoms with van der Waals surface area (Å²) in [7, 11) is 0. The first-order valence-electron chi connectivity index (χ1n) is 6.05. The molecule has 0 N–H and O–H groups in total. The number of benzene rings is 2. The average molecular weight is 208 g/mol. The molecule has 0 heteroatoms. The summed E-state index contributed by atoms with van der Waals surface area (Å²) in [6, 6.07) is 19.8. The van der Waals surface area contributed by atoms with Crippen LogP contribution in [0.15, 0.2) is 54.6 Å². The van der Waals surface area contributed by atoms with E-state index in [2.05, 4.69) is 54.6 Å². The van der Waals surface area contributed by atoms with Gasteiger partial charge in [-0.15, -0.1) is 0 Å². The summed E-state index contributed by atoms with van der Waals surface area (Å²) in [4.78, 5) is 0. The van der Waals surface area contributed by atoms with Crippen molar-refractivity contribution in [3.8, 4) is 0 Å². The minimum atomic E-state index is 0.719. The number of hydrogen-bond acceptors (Lipinski definition) is 0. The van der Waals surface area contributed by atoms with Gasteiger partial charge in [0.1, 0.15) is 0 Å². The predicted molar refractivity (Wildman–Crippen MR) is 67.7 cm³/mol. The van der Waals surface area contributed by atoms with Crippen LogP contribution in [0.2, 0.25) is 0 Å². The van der Waals surface area contributed by atoms with Crippen molar-refractivity contribution >= 4 is 0 Å². The zero-order chi connectivity index (χ0) is 10.8. The quantitative estimate of drug-likeness (QED) is 0.665. The Morgan fingerprint density at radius 3 is 2.25 bits per heavy atom. The molecule has 0 heterocycles. The van der Waals surface area contributed by atoms with E-state index in [4.69, 9.17) is 0 Å². The Bertz CT molecular complexity index is 470. The summed E-state index contributed by atoms with van der Waals surface area (Å²) in [5.41, 5.74) is 4.59. The van der Waals surface area contributed by atoms with Crippen molar-refractivity contribution in [1.82, 2.24) is 0 Å². The lowest BCUT2D eigenvalue weighted by atomic mass is 9.80. The van der Waals surface area contributed by atoms with Crippen LogP contribution in [0, 0.1) is 0 Å². The molecule has 0 saturated carbocycles. The third-order valence-electron chi connectivity index (χ3n) is 3.62. The van der Waals surface area contributed by atoms with Crippen LogP contribution >= 0.6 is 0 Å². The first kappa shape index (κ1) is 9.65. The smallest absolute Gasteiger partial charge is 0.0118 e. The minimum absolute atomic E-state index is 0.719. The van der Waals surface area contributed by atoms with E-state index in [1.807, 2.05) is 0 Å². The molecule has 0 aromatic heterocycles. The van der Waals surface area contributed by atoms with Gasteiger partial charge in [0.05, 0.1) is 0 Å². The molecule has 80 valence electrons. The van der Waals surface area contributed by atoms with Crippen LogP contribution in [0.25, 0.3) is 0 Å². The highest BCUT2D eigenvalue weighted by molar-refractivity contribution is 5.33. The fourth-order valence-corrected chi connectivity index (χ4v) is 2.71. The summed E-state index contributed by atoms with van der Waals surface area (Å²) < 4.78 is 0. The highest BCUT2D eigenvalue weighted by atomic mass is 14.2. The van der Waals surface area contributed by atoms with Crippen molar-refractivity contribution in [3.63, 3.8) is 0 Å². The van der Waals surface area contributed by atoms with Gasteiger partial charge in [-0.2, -0.15) is 0 Å². The maximum atomic E-state index is 2.28. The van der Waals surface area contributed by atoms with Gasteiger partial charge < -0.3 is 0 Å². The highest BCUT2D eigenvalue weighted by Crippen LogP contribution is 2.32. The molecule has 0 saturated heterocycles. The van der Waals surface area contributed by atoms with Crippen LogP contribution in [-0.2, 0) is 12.8 Å². The summed E-state index contributed by atoms with van der Waals surface area (Å²) in [5.74, 6) is 0.719. The lowest BCUT2D eigenvalue weighted by Gasteiger charge is -2.24. The Morgan fingerprint density at radius 2 is 1.44 bits per heavy atom. The highest BCUT2D eigenvalue weighted by Gasteiger charge is 2.18. The molecule has 3 rings (SSSR count). The van der Waals surface area contributed by atoms with Gasteiger partial charge in [0.25, 0.3) is 0 Å². The van der Waals surface area contributed by atoms with Crippen LogP contribution in [0.3, 0.4) is 0 Å². The zero-order valence-electron chi connectivity index (χ0n) is 9.39. The monoisotopic (exact) mass is 208 g/mol. The molecule has 0 spiro atoms. The fraction of sp³-hybridized carbons (Fsp3) is 0.250. The first-order valence-corrected chi connectivity index (χ1v) is 6.05. The van der Waals surface area contributed by atoms with Crippen LogP contribution in [0.5, 0.6) is 0 Å². The molecule has 16 heavy (non-hydrogen) atoms. The van der Waals surface area contributed by atoms with Gasteiger partial charge in [-0.05, 0) is 41.9 Å². The van der Waals surface area contributed by atoms with E-state index in [1.165, 1.54) is 24.8 Å². The molecular weight excluding hydrogens is 192 g/mol. The molecule has 0 radical (unpaired) electrons. The van der Waals surface area contributed by atoms with Gasteiger partial charge in [0, 0.05) is 0 Å². The summed E-state index contributed by atoms with van der Waals surface area (Å²) in [6.07, 6.45) is 3.73. The molecule has 0 fully saturated rings. The topological polar surface area (TPSA) is 0 Å². The maximum Gasteiger partial charge on any atom is -0.0118 e. The second-order valence-corrected chi connectivity index (χ2v) is 4.62. The number of rotatable bonds is 1. The van der Waals surface area contributed by atoms with Crippen molar-refractivity contribution < 1.29 is 0 Å². The zero-order valence-corrected chi connectivity index (χ0v) is 9.39. The summed E-state index contributed by atoms with van der Waals surface area (Å²) in [6.45, 7) is 0. The van der Waals surface area contributed by atoms with E-state index in [0.717, 1.165) is 5.92 Å². The van der Waals surface area contributed by atoms with E-state index >= 15 is 0 Å². The number of hydrogen-bond donors (Lipinski definition) is 0. The van der Waals surface area contributed by atoms with Crippen LogP contribution in [-0.4, -0.2) is 0 Å². The van der Waals surface area contributed by atoms with E-state index in [9.17, 15) is 0 Å².